The van der Waals surface area contributed by atoms with E-state index in [2.05, 4.69) is 12.1 Å². The average molecular weight is 510 g/mol. The van der Waals surface area contributed by atoms with E-state index in [4.69, 9.17) is 14.7 Å². The summed E-state index contributed by atoms with van der Waals surface area (Å²) in [5.41, 5.74) is 5.26. The van der Waals surface area contributed by atoms with E-state index in [1.807, 2.05) is 53.4 Å². The van der Waals surface area contributed by atoms with Gasteiger partial charge in [-0.1, -0.05) is 30.3 Å². The van der Waals surface area contributed by atoms with Crippen LogP contribution < -0.4 is 4.74 Å². The lowest BCUT2D eigenvalue weighted by molar-refractivity contribution is -0.154. The first-order valence-electron chi connectivity index (χ1n) is 12.9. The van der Waals surface area contributed by atoms with Crippen LogP contribution in [0.1, 0.15) is 39.9 Å². The molecular weight excluding hydrogens is 478 g/mol. The number of amides is 2. The summed E-state index contributed by atoms with van der Waals surface area (Å²) in [6.07, 6.45) is 1.68. The van der Waals surface area contributed by atoms with E-state index in [-0.39, 0.29) is 24.0 Å². The van der Waals surface area contributed by atoms with E-state index in [1.54, 1.807) is 31.1 Å². The van der Waals surface area contributed by atoms with E-state index >= 15 is 0 Å². The molecule has 2 amide bonds. The van der Waals surface area contributed by atoms with Crippen LogP contribution in [0.2, 0.25) is 0 Å². The summed E-state index contributed by atoms with van der Waals surface area (Å²) in [5.74, 6) is 1.15. The maximum atomic E-state index is 12.8. The summed E-state index contributed by atoms with van der Waals surface area (Å²) < 4.78 is 12.4. The summed E-state index contributed by atoms with van der Waals surface area (Å²) in [6, 6.07) is 23.0. The Labute approximate surface area is 223 Å². The zero-order chi connectivity index (χ0) is 26.6. The highest BCUT2D eigenvalue weighted by Crippen LogP contribution is 2.35. The molecule has 0 bridgehead atoms. The summed E-state index contributed by atoms with van der Waals surface area (Å²) >= 11 is 0. The fraction of sp³-hybridized carbons (Fsp3) is 0.323. The number of ether oxygens (including phenoxy) is 2. The molecule has 1 atom stereocenters. The van der Waals surface area contributed by atoms with Crippen LogP contribution in [0.15, 0.2) is 66.7 Å². The van der Waals surface area contributed by atoms with Gasteiger partial charge in [0.2, 0.25) is 12.2 Å². The number of rotatable bonds is 5. The maximum Gasteiger partial charge on any atom is 0.253 e. The number of hydrogen-bond donors (Lipinski definition) is 0. The molecule has 0 saturated carbocycles. The van der Waals surface area contributed by atoms with Gasteiger partial charge in [-0.15, -0.1) is 0 Å². The molecule has 0 radical (unpaired) electrons. The van der Waals surface area contributed by atoms with Gasteiger partial charge in [0.25, 0.3) is 5.91 Å². The number of benzene rings is 3. The van der Waals surface area contributed by atoms with Crippen molar-refractivity contribution in [3.05, 3.63) is 89.0 Å². The Bertz CT molecular complexity index is 1350. The highest BCUT2D eigenvalue weighted by molar-refractivity contribution is 5.94. The van der Waals surface area contributed by atoms with E-state index < -0.39 is 0 Å². The number of carbonyl (C=O) groups excluding carboxylic acids is 2. The van der Waals surface area contributed by atoms with Gasteiger partial charge < -0.3 is 19.3 Å². The summed E-state index contributed by atoms with van der Waals surface area (Å²) in [5, 5.41) is 8.94. The van der Waals surface area contributed by atoms with Gasteiger partial charge in [0.15, 0.2) is 0 Å². The smallest absolute Gasteiger partial charge is 0.253 e. The van der Waals surface area contributed by atoms with E-state index in [9.17, 15) is 9.59 Å². The second kappa shape index (κ2) is 11.1. The topological polar surface area (TPSA) is 82.9 Å². The minimum absolute atomic E-state index is 0.0173. The second-order valence-corrected chi connectivity index (χ2v) is 10.1. The summed E-state index contributed by atoms with van der Waals surface area (Å²) in [7, 11) is 3.49. The molecule has 0 spiro atoms. The van der Waals surface area contributed by atoms with Crippen LogP contribution in [0.25, 0.3) is 11.1 Å². The SMILES string of the molecule is CN(C)C(=O)c1ccc(-c2ccc3c(c2)COC(C2CCN(C(=O)Cc4ccc(C#N)cc4)CC2)O3)cc1. The third kappa shape index (κ3) is 5.56. The molecule has 1 unspecified atom stereocenters. The second-order valence-electron chi connectivity index (χ2n) is 10.1. The number of carbonyl (C=O) groups is 2. The first-order chi connectivity index (χ1) is 18.4. The predicted molar refractivity (Wildman–Crippen MR) is 143 cm³/mol. The normalized spacial score (nSPS) is 17.2. The molecule has 1 fully saturated rings. The van der Waals surface area contributed by atoms with Crippen LogP contribution in [0, 0.1) is 17.2 Å². The Morgan fingerprint density at radius 3 is 2.32 bits per heavy atom. The van der Waals surface area contributed by atoms with Crippen LogP contribution in [0.5, 0.6) is 5.75 Å². The van der Waals surface area contributed by atoms with Gasteiger partial charge in [-0.25, -0.2) is 0 Å². The van der Waals surface area contributed by atoms with Crippen molar-refractivity contribution in [2.24, 2.45) is 5.92 Å². The maximum absolute atomic E-state index is 12.8. The number of nitrogens with zero attached hydrogens (tertiary/aromatic N) is 3. The zero-order valence-corrected chi connectivity index (χ0v) is 21.7. The van der Waals surface area contributed by atoms with Crippen molar-refractivity contribution in [1.82, 2.24) is 9.80 Å². The molecule has 3 aromatic carbocycles. The van der Waals surface area contributed by atoms with Crippen LogP contribution >= 0.6 is 0 Å². The molecule has 0 N–H and O–H groups in total. The highest BCUT2D eigenvalue weighted by atomic mass is 16.7. The minimum atomic E-state index is -0.319. The van der Waals surface area contributed by atoms with Crippen molar-refractivity contribution in [3.63, 3.8) is 0 Å². The number of likely N-dealkylation sites (tertiary alicyclic amines) is 1. The first kappa shape index (κ1) is 25.5. The average Bonchev–Trinajstić information content (AvgIpc) is 2.96. The van der Waals surface area contributed by atoms with Crippen molar-refractivity contribution in [2.45, 2.75) is 32.2 Å². The number of piperidine rings is 1. The van der Waals surface area contributed by atoms with Crippen molar-refractivity contribution >= 4 is 11.8 Å². The number of fused-ring (bicyclic) bond motifs is 1. The lowest BCUT2D eigenvalue weighted by Crippen LogP contribution is -2.44. The van der Waals surface area contributed by atoms with E-state index in [1.165, 1.54) is 0 Å². The van der Waals surface area contributed by atoms with Gasteiger partial charge in [0, 0.05) is 44.2 Å². The standard InChI is InChI=1S/C31H31N3O4/c1-33(2)30(36)24-9-7-23(8-10-24)26-11-12-28-27(18-26)20-37-31(38-28)25-13-15-34(16-14-25)29(35)17-21-3-5-22(19-32)6-4-21/h3-12,18,25,31H,13-17,20H2,1-2H3. The monoisotopic (exact) mass is 509 g/mol. The number of hydrogen-bond acceptors (Lipinski definition) is 5. The highest BCUT2D eigenvalue weighted by Gasteiger charge is 2.33. The lowest BCUT2D eigenvalue weighted by Gasteiger charge is -2.37. The fourth-order valence-corrected chi connectivity index (χ4v) is 5.02. The zero-order valence-electron chi connectivity index (χ0n) is 21.7. The summed E-state index contributed by atoms with van der Waals surface area (Å²) in [6.45, 7) is 1.84. The Morgan fingerprint density at radius 2 is 1.66 bits per heavy atom. The molecular formula is C31H31N3O4. The van der Waals surface area contributed by atoms with Crippen LogP contribution in [-0.2, 0) is 22.6 Å². The molecule has 7 nitrogen and oxygen atoms in total. The van der Waals surface area contributed by atoms with Gasteiger partial charge in [-0.2, -0.15) is 5.26 Å². The molecule has 38 heavy (non-hydrogen) atoms. The van der Waals surface area contributed by atoms with E-state index in [0.29, 0.717) is 37.2 Å². The van der Waals surface area contributed by atoms with Gasteiger partial charge in [-0.3, -0.25) is 9.59 Å². The molecule has 0 aromatic heterocycles. The third-order valence-corrected chi connectivity index (χ3v) is 7.29. The molecule has 2 aliphatic rings. The Balaban J connectivity index is 1.16. The quantitative estimate of drug-likeness (QED) is 0.500. The molecule has 5 rings (SSSR count). The van der Waals surface area contributed by atoms with Crippen molar-refractivity contribution < 1.29 is 19.1 Å². The minimum Gasteiger partial charge on any atom is -0.464 e. The van der Waals surface area contributed by atoms with Gasteiger partial charge >= 0.3 is 0 Å². The molecule has 7 heteroatoms. The molecule has 2 aliphatic heterocycles. The predicted octanol–water partition coefficient (Wildman–Crippen LogP) is 4.64. The molecule has 3 aromatic rings. The molecule has 1 saturated heterocycles. The first-order valence-corrected chi connectivity index (χ1v) is 12.9. The number of nitriles is 1. The van der Waals surface area contributed by atoms with Crippen molar-refractivity contribution in [2.75, 3.05) is 27.2 Å². The Kier molecular flexibility index (Phi) is 7.43. The van der Waals surface area contributed by atoms with Crippen LogP contribution in [-0.4, -0.2) is 55.1 Å². The van der Waals surface area contributed by atoms with Crippen molar-refractivity contribution in [1.29, 1.82) is 5.26 Å². The van der Waals surface area contributed by atoms with Crippen LogP contribution in [0.3, 0.4) is 0 Å². The van der Waals surface area contributed by atoms with Gasteiger partial charge in [0.1, 0.15) is 5.75 Å². The lowest BCUT2D eigenvalue weighted by atomic mass is 9.94. The largest absolute Gasteiger partial charge is 0.464 e. The fourth-order valence-electron chi connectivity index (χ4n) is 5.02. The Hall–Kier alpha value is -4.15. The van der Waals surface area contributed by atoms with Gasteiger partial charge in [-0.05, 0) is 65.9 Å². The van der Waals surface area contributed by atoms with Crippen molar-refractivity contribution in [3.8, 4) is 22.9 Å². The van der Waals surface area contributed by atoms with Crippen LogP contribution in [0.4, 0.5) is 0 Å². The molecule has 194 valence electrons. The van der Waals surface area contributed by atoms with Gasteiger partial charge in [0.05, 0.1) is 24.7 Å². The van der Waals surface area contributed by atoms with E-state index in [0.717, 1.165) is 40.8 Å². The molecule has 0 aliphatic carbocycles. The summed E-state index contributed by atoms with van der Waals surface area (Å²) in [4.78, 5) is 28.4. The Morgan fingerprint density at radius 1 is 0.974 bits per heavy atom. The molecule has 2 heterocycles. The third-order valence-electron chi connectivity index (χ3n) is 7.29.